The van der Waals surface area contributed by atoms with Crippen LogP contribution in [0, 0.1) is 0 Å². The normalized spacial score (nSPS) is 11.4. The van der Waals surface area contributed by atoms with Crippen molar-refractivity contribution in [2.45, 2.75) is 23.9 Å². The van der Waals surface area contributed by atoms with Crippen LogP contribution in [0.1, 0.15) is 11.3 Å². The van der Waals surface area contributed by atoms with E-state index >= 15 is 0 Å². The van der Waals surface area contributed by atoms with Crippen molar-refractivity contribution in [2.75, 3.05) is 0 Å². The van der Waals surface area contributed by atoms with E-state index in [2.05, 4.69) is 63.7 Å². The fourth-order valence-corrected chi connectivity index (χ4v) is 4.38. The lowest BCUT2D eigenvalue weighted by atomic mass is 10.1. The minimum absolute atomic E-state index is 0.802. The van der Waals surface area contributed by atoms with Gasteiger partial charge in [0, 0.05) is 24.7 Å². The minimum Gasteiger partial charge on any atom is -0.319 e. The topological polar surface area (TPSA) is 35.1 Å². The highest BCUT2D eigenvalue weighted by Gasteiger charge is 2.12. The van der Waals surface area contributed by atoms with Crippen molar-refractivity contribution in [3.63, 3.8) is 0 Å². The molecule has 138 valence electrons. The largest absolute Gasteiger partial charge is 0.319 e. The van der Waals surface area contributed by atoms with E-state index in [0.717, 1.165) is 40.7 Å². The van der Waals surface area contributed by atoms with Crippen molar-refractivity contribution in [3.8, 4) is 0 Å². The summed E-state index contributed by atoms with van der Waals surface area (Å²) in [5, 5.41) is 1.05. The zero-order valence-corrected chi connectivity index (χ0v) is 16.2. The third-order valence-electron chi connectivity index (χ3n) is 4.85. The third-order valence-corrected chi connectivity index (χ3v) is 5.86. The highest BCUT2D eigenvalue weighted by atomic mass is 32.2. The van der Waals surface area contributed by atoms with Gasteiger partial charge in [0.2, 0.25) is 0 Å². The summed E-state index contributed by atoms with van der Waals surface area (Å²) in [6.45, 7) is 0.915. The van der Waals surface area contributed by atoms with Crippen molar-refractivity contribution in [1.82, 2.24) is 18.9 Å². The Morgan fingerprint density at radius 1 is 0.821 bits per heavy atom. The van der Waals surface area contributed by atoms with Crippen molar-refractivity contribution in [2.24, 2.45) is 0 Å². The second kappa shape index (κ2) is 7.52. The summed E-state index contributed by atoms with van der Waals surface area (Å²) in [5.41, 5.74) is 5.63. The Balaban J connectivity index is 1.41. The van der Waals surface area contributed by atoms with Gasteiger partial charge in [-0.2, -0.15) is 0 Å². The SMILES string of the molecule is c1ccc(CCn2c(SCc3cn4ccccc4n3)nc3ccccc32)cc1. The van der Waals surface area contributed by atoms with Crippen LogP contribution in [0.25, 0.3) is 16.7 Å². The van der Waals surface area contributed by atoms with Gasteiger partial charge >= 0.3 is 0 Å². The van der Waals surface area contributed by atoms with E-state index in [1.165, 1.54) is 11.1 Å². The Hall–Kier alpha value is -3.05. The van der Waals surface area contributed by atoms with Gasteiger partial charge in [-0.15, -0.1) is 0 Å². The zero-order chi connectivity index (χ0) is 18.8. The number of para-hydroxylation sites is 2. The molecule has 0 saturated heterocycles. The maximum Gasteiger partial charge on any atom is 0.169 e. The molecule has 4 nitrogen and oxygen atoms in total. The smallest absolute Gasteiger partial charge is 0.169 e. The second-order valence-corrected chi connectivity index (χ2v) is 7.70. The molecule has 5 aromatic rings. The molecule has 0 N–H and O–H groups in total. The molecular formula is C23H20N4S. The summed E-state index contributed by atoms with van der Waals surface area (Å²) >= 11 is 1.75. The molecule has 0 radical (unpaired) electrons. The molecule has 28 heavy (non-hydrogen) atoms. The first-order valence-corrected chi connectivity index (χ1v) is 10.4. The molecule has 3 aromatic heterocycles. The van der Waals surface area contributed by atoms with E-state index in [9.17, 15) is 0 Å². The molecule has 2 aromatic carbocycles. The van der Waals surface area contributed by atoms with Crippen molar-refractivity contribution >= 4 is 28.4 Å². The summed E-state index contributed by atoms with van der Waals surface area (Å²) in [4.78, 5) is 9.60. The summed E-state index contributed by atoms with van der Waals surface area (Å²) in [6, 6.07) is 25.1. The first-order valence-electron chi connectivity index (χ1n) is 9.41. The Kier molecular flexibility index (Phi) is 4.59. The summed E-state index contributed by atoms with van der Waals surface area (Å²) in [6.07, 6.45) is 5.12. The molecule has 0 amide bonds. The monoisotopic (exact) mass is 384 g/mol. The second-order valence-electron chi connectivity index (χ2n) is 6.76. The molecule has 0 spiro atoms. The standard InChI is InChI=1S/C23H20N4S/c1-2-8-18(9-3-1)13-15-27-21-11-5-4-10-20(21)25-23(27)28-17-19-16-26-14-7-6-12-22(26)24-19/h1-12,14,16H,13,15,17H2. The van der Waals surface area contributed by atoms with E-state index in [-0.39, 0.29) is 0 Å². The first kappa shape index (κ1) is 17.1. The van der Waals surface area contributed by atoms with Crippen LogP contribution in [-0.2, 0) is 18.7 Å². The molecule has 0 atom stereocenters. The van der Waals surface area contributed by atoms with Crippen LogP contribution < -0.4 is 0 Å². The van der Waals surface area contributed by atoms with E-state index in [4.69, 9.17) is 9.97 Å². The third kappa shape index (κ3) is 3.41. The maximum atomic E-state index is 4.89. The number of benzene rings is 2. The lowest BCUT2D eigenvalue weighted by molar-refractivity contribution is 0.652. The van der Waals surface area contributed by atoms with Gasteiger partial charge in [0.1, 0.15) is 5.65 Å². The molecular weight excluding hydrogens is 364 g/mol. The molecule has 0 saturated carbocycles. The lowest BCUT2D eigenvalue weighted by Crippen LogP contribution is -2.03. The number of rotatable bonds is 6. The molecule has 0 unspecified atom stereocenters. The molecule has 3 heterocycles. The number of imidazole rings is 2. The molecule has 5 heteroatoms. The van der Waals surface area contributed by atoms with Gasteiger partial charge in [0.05, 0.1) is 16.7 Å². The highest BCUT2D eigenvalue weighted by Crippen LogP contribution is 2.27. The van der Waals surface area contributed by atoms with Crippen molar-refractivity contribution < 1.29 is 0 Å². The van der Waals surface area contributed by atoms with Crippen LogP contribution in [0.15, 0.2) is 90.3 Å². The van der Waals surface area contributed by atoms with Crippen LogP contribution in [0.3, 0.4) is 0 Å². The first-order chi connectivity index (χ1) is 13.9. The molecule has 0 aliphatic rings. The van der Waals surface area contributed by atoms with Crippen LogP contribution in [0.2, 0.25) is 0 Å². The zero-order valence-electron chi connectivity index (χ0n) is 15.4. The Labute approximate surface area is 167 Å². The fourth-order valence-electron chi connectivity index (χ4n) is 3.46. The van der Waals surface area contributed by atoms with Crippen molar-refractivity contribution in [3.05, 3.63) is 96.4 Å². The van der Waals surface area contributed by atoms with Gasteiger partial charge < -0.3 is 8.97 Å². The van der Waals surface area contributed by atoms with Crippen LogP contribution in [-0.4, -0.2) is 18.9 Å². The predicted octanol–water partition coefficient (Wildman–Crippen LogP) is 5.22. The summed E-state index contributed by atoms with van der Waals surface area (Å²) < 4.78 is 4.40. The van der Waals surface area contributed by atoms with E-state index < -0.39 is 0 Å². The van der Waals surface area contributed by atoms with Crippen LogP contribution >= 0.6 is 11.8 Å². The van der Waals surface area contributed by atoms with Gasteiger partial charge in [0.25, 0.3) is 0 Å². The average Bonchev–Trinajstić information content (AvgIpc) is 3.32. The van der Waals surface area contributed by atoms with Gasteiger partial charge in [-0.3, -0.25) is 0 Å². The predicted molar refractivity (Wildman–Crippen MR) is 115 cm³/mol. The van der Waals surface area contributed by atoms with Gasteiger partial charge in [-0.05, 0) is 36.2 Å². The molecule has 0 aliphatic carbocycles. The van der Waals surface area contributed by atoms with Gasteiger partial charge in [-0.25, -0.2) is 9.97 Å². The maximum absolute atomic E-state index is 4.89. The molecule has 0 fully saturated rings. The number of pyridine rings is 1. The fraction of sp³-hybridized carbons (Fsp3) is 0.130. The Morgan fingerprint density at radius 3 is 2.54 bits per heavy atom. The average molecular weight is 385 g/mol. The Morgan fingerprint density at radius 2 is 1.64 bits per heavy atom. The van der Waals surface area contributed by atoms with Gasteiger partial charge in [-0.1, -0.05) is 60.3 Å². The summed E-state index contributed by atoms with van der Waals surface area (Å²) in [5.74, 6) is 0.802. The van der Waals surface area contributed by atoms with Crippen LogP contribution in [0.4, 0.5) is 0 Å². The quantitative estimate of drug-likeness (QED) is 0.377. The Bertz CT molecular complexity index is 1190. The number of thioether (sulfide) groups is 1. The highest BCUT2D eigenvalue weighted by molar-refractivity contribution is 7.98. The number of fused-ring (bicyclic) bond motifs is 2. The molecule has 0 bridgehead atoms. The minimum atomic E-state index is 0.802. The number of hydrogen-bond donors (Lipinski definition) is 0. The molecule has 0 aliphatic heterocycles. The molecule has 5 rings (SSSR count). The van der Waals surface area contributed by atoms with E-state index in [1.807, 2.05) is 30.5 Å². The van der Waals surface area contributed by atoms with Crippen molar-refractivity contribution in [1.29, 1.82) is 0 Å². The number of hydrogen-bond acceptors (Lipinski definition) is 3. The number of aryl methyl sites for hydroxylation is 2. The van der Waals surface area contributed by atoms with E-state index in [0.29, 0.717) is 0 Å². The number of aromatic nitrogens is 4. The van der Waals surface area contributed by atoms with Gasteiger partial charge in [0.15, 0.2) is 5.16 Å². The summed E-state index contributed by atoms with van der Waals surface area (Å²) in [7, 11) is 0. The van der Waals surface area contributed by atoms with E-state index in [1.54, 1.807) is 11.8 Å². The number of nitrogens with zero attached hydrogens (tertiary/aromatic N) is 4. The van der Waals surface area contributed by atoms with Crippen LogP contribution in [0.5, 0.6) is 0 Å². The lowest BCUT2D eigenvalue weighted by Gasteiger charge is -2.08.